The molecule has 9 heteroatoms. The Morgan fingerprint density at radius 3 is 2.81 bits per heavy atom. The molecule has 0 saturated carbocycles. The third-order valence-corrected chi connectivity index (χ3v) is 5.24. The highest BCUT2D eigenvalue weighted by Gasteiger charge is 2.15. The van der Waals surface area contributed by atoms with Crippen LogP contribution in [0.2, 0.25) is 5.02 Å². The molecule has 4 nitrogen and oxygen atoms in total. The predicted molar refractivity (Wildman–Crippen MR) is 114 cm³/mol. The number of aromatic nitrogens is 3. The van der Waals surface area contributed by atoms with Gasteiger partial charge in [-0.15, -0.1) is 28.3 Å². The van der Waals surface area contributed by atoms with Gasteiger partial charge in [-0.25, -0.2) is 14.4 Å². The maximum Gasteiger partial charge on any atom is 0.187 e. The monoisotopic (exact) mass is 516 g/mol. The lowest BCUT2D eigenvalue weighted by Crippen LogP contribution is -1.93. The van der Waals surface area contributed by atoms with E-state index < -0.39 is 0 Å². The average molecular weight is 519 g/mol. The number of fused-ring (bicyclic) bond motifs is 1. The normalized spacial score (nSPS) is 10.8. The minimum atomic E-state index is -0.318. The van der Waals surface area contributed by atoms with Crippen molar-refractivity contribution in [2.24, 2.45) is 0 Å². The van der Waals surface area contributed by atoms with Crippen LogP contribution in [0.1, 0.15) is 5.69 Å². The molecule has 134 valence electrons. The van der Waals surface area contributed by atoms with Crippen molar-refractivity contribution >= 4 is 72.3 Å². The number of hydrogen-bond acceptors (Lipinski definition) is 4. The first-order chi connectivity index (χ1) is 12.0. The summed E-state index contributed by atoms with van der Waals surface area (Å²) in [7, 11) is 0. The molecule has 3 aromatic heterocycles. The van der Waals surface area contributed by atoms with Gasteiger partial charge in [0.25, 0.3) is 0 Å². The Bertz CT molecular complexity index is 1100. The zero-order valence-corrected chi connectivity index (χ0v) is 18.2. The van der Waals surface area contributed by atoms with Gasteiger partial charge in [0, 0.05) is 16.0 Å². The number of imidazole rings is 1. The summed E-state index contributed by atoms with van der Waals surface area (Å²) < 4.78 is 16.2. The van der Waals surface area contributed by atoms with Crippen LogP contribution in [0, 0.1) is 12.7 Å². The van der Waals surface area contributed by atoms with E-state index in [2.05, 4.69) is 31.2 Å². The van der Waals surface area contributed by atoms with Gasteiger partial charge in [-0.2, -0.15) is 0 Å². The van der Waals surface area contributed by atoms with Crippen LogP contribution in [-0.4, -0.2) is 14.4 Å². The molecule has 0 atom stereocenters. The minimum absolute atomic E-state index is 0. The highest BCUT2D eigenvalue weighted by Crippen LogP contribution is 2.33. The van der Waals surface area contributed by atoms with Crippen molar-refractivity contribution in [1.29, 1.82) is 0 Å². The van der Waals surface area contributed by atoms with E-state index in [-0.39, 0.29) is 22.8 Å². The van der Waals surface area contributed by atoms with E-state index in [1.54, 1.807) is 10.5 Å². The summed E-state index contributed by atoms with van der Waals surface area (Å²) in [6.45, 7) is 1.89. The summed E-state index contributed by atoms with van der Waals surface area (Å²) in [6.07, 6.45) is 1.42. The van der Waals surface area contributed by atoms with Crippen LogP contribution in [0.15, 0.2) is 46.4 Å². The lowest BCUT2D eigenvalue weighted by atomic mass is 10.3. The van der Waals surface area contributed by atoms with Gasteiger partial charge in [-0.1, -0.05) is 27.5 Å². The molecule has 1 N–H and O–H groups in total. The van der Waals surface area contributed by atoms with Crippen LogP contribution in [0.3, 0.4) is 0 Å². The topological polar surface area (TPSA) is 42.2 Å². The van der Waals surface area contributed by atoms with Crippen molar-refractivity contribution in [2.75, 3.05) is 5.32 Å². The highest BCUT2D eigenvalue weighted by molar-refractivity contribution is 9.10. The molecule has 0 spiro atoms. The maximum absolute atomic E-state index is 13.6. The molecule has 0 amide bonds. The first-order valence-corrected chi connectivity index (χ1v) is 9.38. The molecule has 0 aliphatic carbocycles. The number of halogens is 4. The van der Waals surface area contributed by atoms with Gasteiger partial charge in [0.05, 0.1) is 22.1 Å². The van der Waals surface area contributed by atoms with Crippen molar-refractivity contribution in [3.8, 4) is 11.4 Å². The van der Waals surface area contributed by atoms with Gasteiger partial charge in [-0.3, -0.25) is 4.40 Å². The van der Waals surface area contributed by atoms with Crippen molar-refractivity contribution < 1.29 is 4.39 Å². The van der Waals surface area contributed by atoms with Crippen LogP contribution in [0.25, 0.3) is 17.0 Å². The molecule has 0 bridgehead atoms. The van der Waals surface area contributed by atoms with Crippen LogP contribution < -0.4 is 5.32 Å². The van der Waals surface area contributed by atoms with E-state index in [9.17, 15) is 4.39 Å². The third kappa shape index (κ3) is 3.64. The number of thiazole rings is 1. The summed E-state index contributed by atoms with van der Waals surface area (Å²) in [4.78, 5) is 9.07. The summed E-state index contributed by atoms with van der Waals surface area (Å²) in [5.74, 6) is -0.318. The molecule has 0 fully saturated rings. The van der Waals surface area contributed by atoms with Gasteiger partial charge in [0.1, 0.15) is 17.2 Å². The van der Waals surface area contributed by atoms with Crippen LogP contribution in [-0.2, 0) is 0 Å². The molecule has 0 saturated heterocycles. The molecule has 4 rings (SSSR count). The van der Waals surface area contributed by atoms with Gasteiger partial charge in [0.2, 0.25) is 0 Å². The summed E-state index contributed by atoms with van der Waals surface area (Å²) in [6, 6.07) is 8.65. The SMILES string of the molecule is Br.Cc1nc2ccc(F)cn2c1-c1csc(Nc2ccc(Br)cc2Cl)n1. The zero-order valence-electron chi connectivity index (χ0n) is 13.3. The summed E-state index contributed by atoms with van der Waals surface area (Å²) >= 11 is 11.1. The predicted octanol–water partition coefficient (Wildman–Crippen LogP) is 6.64. The second-order valence-electron chi connectivity index (χ2n) is 5.41. The molecule has 1 aromatic carbocycles. The average Bonchev–Trinajstić information content (AvgIpc) is 3.13. The highest BCUT2D eigenvalue weighted by atomic mass is 79.9. The van der Waals surface area contributed by atoms with Crippen LogP contribution in [0.5, 0.6) is 0 Å². The fraction of sp³-hybridized carbons (Fsp3) is 0.0588. The van der Waals surface area contributed by atoms with Crippen molar-refractivity contribution in [3.05, 3.63) is 62.9 Å². The number of rotatable bonds is 3. The third-order valence-electron chi connectivity index (χ3n) is 3.68. The Balaban J connectivity index is 0.00000196. The molecule has 4 aromatic rings. The molecule has 0 aliphatic heterocycles. The Morgan fingerprint density at radius 1 is 1.23 bits per heavy atom. The van der Waals surface area contributed by atoms with Crippen LogP contribution >= 0.6 is 55.8 Å². The molecular weight excluding hydrogens is 507 g/mol. The first kappa shape index (κ1) is 19.3. The number of pyridine rings is 1. The number of nitrogens with one attached hydrogen (secondary N) is 1. The van der Waals surface area contributed by atoms with E-state index in [1.165, 1.54) is 23.6 Å². The zero-order chi connectivity index (χ0) is 17.6. The van der Waals surface area contributed by atoms with E-state index in [4.69, 9.17) is 11.6 Å². The second-order valence-corrected chi connectivity index (χ2v) is 7.59. The van der Waals surface area contributed by atoms with E-state index in [1.807, 2.05) is 30.5 Å². The summed E-state index contributed by atoms with van der Waals surface area (Å²) in [5.41, 5.74) is 3.76. The lowest BCUT2D eigenvalue weighted by molar-refractivity contribution is 0.619. The number of aryl methyl sites for hydroxylation is 1. The van der Waals surface area contributed by atoms with Crippen molar-refractivity contribution in [3.63, 3.8) is 0 Å². The van der Waals surface area contributed by atoms with Crippen molar-refractivity contribution in [2.45, 2.75) is 6.92 Å². The number of hydrogen-bond donors (Lipinski definition) is 1. The second kappa shape index (κ2) is 7.64. The fourth-order valence-electron chi connectivity index (χ4n) is 2.59. The minimum Gasteiger partial charge on any atom is -0.330 e. The molecule has 26 heavy (non-hydrogen) atoms. The first-order valence-electron chi connectivity index (χ1n) is 7.33. The number of nitrogens with zero attached hydrogens (tertiary/aromatic N) is 3. The quantitative estimate of drug-likeness (QED) is 0.331. The summed E-state index contributed by atoms with van der Waals surface area (Å²) in [5, 5.41) is 6.42. The van der Waals surface area contributed by atoms with Crippen molar-refractivity contribution in [1.82, 2.24) is 14.4 Å². The number of anilines is 2. The molecule has 0 unspecified atom stereocenters. The Hall–Kier alpha value is -1.48. The van der Waals surface area contributed by atoms with Gasteiger partial charge in [-0.05, 0) is 37.3 Å². The molecular formula is C17H12Br2ClFN4S. The largest absolute Gasteiger partial charge is 0.330 e. The number of benzene rings is 1. The standard InChI is InChI=1S/C17H11BrClFN4S.BrH/c1-9-16(24-7-11(20)3-5-15(24)21-9)14-8-25-17(23-14)22-13-4-2-10(18)6-12(13)19;/h2-8H,1H3,(H,22,23);1H. The Morgan fingerprint density at radius 2 is 2.04 bits per heavy atom. The van der Waals surface area contributed by atoms with Gasteiger partial charge >= 0.3 is 0 Å². The molecule has 0 radical (unpaired) electrons. The van der Waals surface area contributed by atoms with E-state index >= 15 is 0 Å². The van der Waals surface area contributed by atoms with E-state index in [0.717, 1.165) is 27.2 Å². The van der Waals surface area contributed by atoms with Gasteiger partial charge in [0.15, 0.2) is 5.13 Å². The van der Waals surface area contributed by atoms with E-state index in [0.29, 0.717) is 15.8 Å². The molecule has 3 heterocycles. The Kier molecular flexibility index (Phi) is 5.67. The lowest BCUT2D eigenvalue weighted by Gasteiger charge is -2.05. The van der Waals surface area contributed by atoms with Gasteiger partial charge < -0.3 is 5.32 Å². The Labute approximate surface area is 177 Å². The van der Waals surface area contributed by atoms with Crippen LogP contribution in [0.4, 0.5) is 15.2 Å². The fourth-order valence-corrected chi connectivity index (χ4v) is 4.02. The maximum atomic E-state index is 13.6. The molecule has 0 aliphatic rings. The smallest absolute Gasteiger partial charge is 0.187 e.